The molecule has 0 aromatic heterocycles. The van der Waals surface area contributed by atoms with Gasteiger partial charge in [0.2, 0.25) is 0 Å². The van der Waals surface area contributed by atoms with Gasteiger partial charge in [0, 0.05) is 0 Å². The number of phosphoric acid groups is 1. The molecule has 0 aliphatic rings. The molecule has 2 rings (SSSR count). The monoisotopic (exact) mass is 502 g/mol. The lowest BCUT2D eigenvalue weighted by molar-refractivity contribution is 0.291. The molecule has 2 aromatic carbocycles. The molecule has 0 spiro atoms. The summed E-state index contributed by atoms with van der Waals surface area (Å²) < 4.78 is 23.0. The van der Waals surface area contributed by atoms with Crippen molar-refractivity contribution in [3.63, 3.8) is 0 Å². The zero-order valence-electron chi connectivity index (χ0n) is 22.1. The number of rotatable bonds is 20. The maximum Gasteiger partial charge on any atom is 0.584 e. The van der Waals surface area contributed by atoms with Crippen LogP contribution in [0.5, 0.6) is 11.5 Å². The Morgan fingerprint density at radius 2 is 0.857 bits per heavy atom. The molecular weight excluding hydrogens is 455 g/mol. The highest BCUT2D eigenvalue weighted by Gasteiger charge is 2.25. The lowest BCUT2D eigenvalue weighted by Crippen LogP contribution is -2.00. The van der Waals surface area contributed by atoms with E-state index in [-0.39, 0.29) is 0 Å². The van der Waals surface area contributed by atoms with Crippen LogP contribution in [-0.2, 0) is 17.4 Å². The van der Waals surface area contributed by atoms with E-state index >= 15 is 0 Å². The molecule has 5 heteroatoms. The Balaban J connectivity index is 1.68. The average molecular weight is 503 g/mol. The minimum atomic E-state index is -4.25. The van der Waals surface area contributed by atoms with Gasteiger partial charge in [-0.3, -0.25) is 4.89 Å². The first kappa shape index (κ1) is 29.5. The molecule has 0 atom stereocenters. The van der Waals surface area contributed by atoms with Crippen LogP contribution in [0.1, 0.15) is 115 Å². The fourth-order valence-electron chi connectivity index (χ4n) is 4.29. The van der Waals surface area contributed by atoms with Gasteiger partial charge in [0.25, 0.3) is 0 Å². The first-order valence-electron chi connectivity index (χ1n) is 13.9. The molecule has 0 saturated carbocycles. The Hall–Kier alpha value is -1.77. The Bertz CT molecular complexity index is 765. The van der Waals surface area contributed by atoms with E-state index in [0.29, 0.717) is 11.5 Å². The summed E-state index contributed by atoms with van der Waals surface area (Å²) >= 11 is 0. The van der Waals surface area contributed by atoms with Crippen LogP contribution in [0.3, 0.4) is 0 Å². The lowest BCUT2D eigenvalue weighted by atomic mass is 10.0. The number of aryl methyl sites for hydroxylation is 2. The van der Waals surface area contributed by atoms with E-state index in [1.165, 1.54) is 101 Å². The van der Waals surface area contributed by atoms with Gasteiger partial charge in [0.05, 0.1) is 0 Å². The molecule has 0 saturated heterocycles. The van der Waals surface area contributed by atoms with Crippen LogP contribution in [0.2, 0.25) is 0 Å². The van der Waals surface area contributed by atoms with Crippen molar-refractivity contribution < 1.29 is 18.5 Å². The first-order chi connectivity index (χ1) is 17.0. The van der Waals surface area contributed by atoms with Gasteiger partial charge in [-0.25, -0.2) is 4.57 Å². The Labute approximate surface area is 214 Å². The van der Waals surface area contributed by atoms with E-state index in [1.807, 2.05) is 24.3 Å². The van der Waals surface area contributed by atoms with Crippen molar-refractivity contribution in [1.82, 2.24) is 0 Å². The summed E-state index contributed by atoms with van der Waals surface area (Å²) in [7, 11) is -4.25. The van der Waals surface area contributed by atoms with E-state index in [0.717, 1.165) is 12.8 Å². The van der Waals surface area contributed by atoms with E-state index in [4.69, 9.17) is 9.05 Å². The summed E-state index contributed by atoms with van der Waals surface area (Å²) in [6.07, 6.45) is 20.1. The van der Waals surface area contributed by atoms with Crippen LogP contribution >= 0.6 is 7.82 Å². The van der Waals surface area contributed by atoms with Crippen LogP contribution in [0.4, 0.5) is 0 Å². The molecule has 2 aromatic rings. The molecular formula is C30H47O4P. The summed E-state index contributed by atoms with van der Waals surface area (Å²) in [6.45, 7) is 4.48. The number of hydrogen-bond donors (Lipinski definition) is 1. The SMILES string of the molecule is CCCCCCCCCc1ccc(OP(=O)(O)Oc2ccc(CCCCCCCCC)cc2)cc1. The van der Waals surface area contributed by atoms with Gasteiger partial charge >= 0.3 is 7.82 Å². The van der Waals surface area contributed by atoms with Crippen molar-refractivity contribution in [3.8, 4) is 11.5 Å². The van der Waals surface area contributed by atoms with Crippen LogP contribution in [0, 0.1) is 0 Å². The highest BCUT2D eigenvalue weighted by atomic mass is 31.2. The van der Waals surface area contributed by atoms with Gasteiger partial charge in [0.1, 0.15) is 11.5 Å². The summed E-state index contributed by atoms with van der Waals surface area (Å²) in [4.78, 5) is 10.2. The van der Waals surface area contributed by atoms with Gasteiger partial charge < -0.3 is 9.05 Å². The second kappa shape index (κ2) is 17.6. The topological polar surface area (TPSA) is 55.8 Å². The van der Waals surface area contributed by atoms with Crippen molar-refractivity contribution >= 4 is 7.82 Å². The average Bonchev–Trinajstić information content (AvgIpc) is 2.84. The highest BCUT2D eigenvalue weighted by Crippen LogP contribution is 2.44. The zero-order valence-corrected chi connectivity index (χ0v) is 22.9. The van der Waals surface area contributed by atoms with Gasteiger partial charge in [-0.05, 0) is 61.1 Å². The maximum atomic E-state index is 12.5. The number of phosphoric ester groups is 1. The number of unbranched alkanes of at least 4 members (excludes halogenated alkanes) is 12. The third kappa shape index (κ3) is 13.8. The first-order valence-corrected chi connectivity index (χ1v) is 15.4. The molecule has 4 nitrogen and oxygen atoms in total. The van der Waals surface area contributed by atoms with Crippen LogP contribution in [0.15, 0.2) is 48.5 Å². The fraction of sp³-hybridized carbons (Fsp3) is 0.600. The standard InChI is InChI=1S/C30H47O4P/c1-3-5-7-9-11-13-15-17-27-19-23-29(24-20-27)33-35(31,32)34-30-25-21-28(22-26-30)18-16-14-12-10-8-6-4-2/h19-26H,3-18H2,1-2H3,(H,31,32). The molecule has 35 heavy (non-hydrogen) atoms. The van der Waals surface area contributed by atoms with E-state index in [2.05, 4.69) is 13.8 Å². The van der Waals surface area contributed by atoms with Crippen molar-refractivity contribution in [3.05, 3.63) is 59.7 Å². The summed E-state index contributed by atoms with van der Waals surface area (Å²) in [5, 5.41) is 0. The smallest absolute Gasteiger partial charge is 0.395 e. The predicted octanol–water partition coefficient (Wildman–Crippen LogP) is 9.83. The third-order valence-corrected chi connectivity index (χ3v) is 7.31. The molecule has 0 heterocycles. The normalized spacial score (nSPS) is 11.5. The Morgan fingerprint density at radius 1 is 0.543 bits per heavy atom. The molecule has 0 aliphatic heterocycles. The molecule has 0 bridgehead atoms. The van der Waals surface area contributed by atoms with Gasteiger partial charge in [-0.1, -0.05) is 115 Å². The van der Waals surface area contributed by atoms with Crippen LogP contribution < -0.4 is 9.05 Å². The van der Waals surface area contributed by atoms with Crippen molar-refractivity contribution in [2.45, 2.75) is 117 Å². The molecule has 1 N–H and O–H groups in total. The quantitative estimate of drug-likeness (QED) is 0.145. The molecule has 0 amide bonds. The Morgan fingerprint density at radius 3 is 1.20 bits per heavy atom. The van der Waals surface area contributed by atoms with E-state index < -0.39 is 7.82 Å². The fourth-order valence-corrected chi connectivity index (χ4v) is 5.10. The predicted molar refractivity (Wildman–Crippen MR) is 147 cm³/mol. The highest BCUT2D eigenvalue weighted by molar-refractivity contribution is 7.48. The minimum Gasteiger partial charge on any atom is -0.395 e. The number of benzene rings is 2. The molecule has 0 radical (unpaired) electrons. The third-order valence-electron chi connectivity index (χ3n) is 6.43. The lowest BCUT2D eigenvalue weighted by Gasteiger charge is -2.14. The summed E-state index contributed by atoms with van der Waals surface area (Å²) in [5.41, 5.74) is 2.44. The van der Waals surface area contributed by atoms with Gasteiger partial charge in [0.15, 0.2) is 0 Å². The largest absolute Gasteiger partial charge is 0.584 e. The van der Waals surface area contributed by atoms with Gasteiger partial charge in [-0.2, -0.15) is 0 Å². The van der Waals surface area contributed by atoms with E-state index in [9.17, 15) is 9.46 Å². The minimum absolute atomic E-state index is 0.342. The van der Waals surface area contributed by atoms with Crippen LogP contribution in [-0.4, -0.2) is 4.89 Å². The molecule has 0 fully saturated rings. The second-order valence-corrected chi connectivity index (χ2v) is 11.0. The van der Waals surface area contributed by atoms with Gasteiger partial charge in [-0.15, -0.1) is 0 Å². The second-order valence-electron chi connectivity index (χ2n) is 9.68. The van der Waals surface area contributed by atoms with Crippen molar-refractivity contribution in [2.75, 3.05) is 0 Å². The molecule has 196 valence electrons. The van der Waals surface area contributed by atoms with Crippen molar-refractivity contribution in [2.24, 2.45) is 0 Å². The zero-order chi connectivity index (χ0) is 25.2. The van der Waals surface area contributed by atoms with Crippen LogP contribution in [0.25, 0.3) is 0 Å². The summed E-state index contributed by atoms with van der Waals surface area (Å²) in [5.74, 6) is 0.685. The number of hydrogen-bond acceptors (Lipinski definition) is 3. The summed E-state index contributed by atoms with van der Waals surface area (Å²) in [6, 6.07) is 14.8. The van der Waals surface area contributed by atoms with Crippen molar-refractivity contribution in [1.29, 1.82) is 0 Å². The maximum absolute atomic E-state index is 12.5. The van der Waals surface area contributed by atoms with E-state index in [1.54, 1.807) is 24.3 Å². The molecule has 0 unspecified atom stereocenters. The Kier molecular flexibility index (Phi) is 14.8. The molecule has 0 aliphatic carbocycles.